The predicted octanol–water partition coefficient (Wildman–Crippen LogP) is 2.41. The molecule has 0 radical (unpaired) electrons. The molecule has 6 heteroatoms. The number of amides is 1. The van der Waals surface area contributed by atoms with Crippen molar-refractivity contribution in [3.05, 3.63) is 35.1 Å². The van der Waals surface area contributed by atoms with Crippen LogP contribution in [0.1, 0.15) is 41.6 Å². The lowest BCUT2D eigenvalue weighted by atomic mass is 10.1. The first-order valence-electron chi connectivity index (χ1n) is 6.06. The molecule has 1 amide bonds. The molecule has 3 nitrogen and oxygen atoms in total. The molecule has 0 aliphatic heterocycles. The number of aliphatic hydroxyl groups excluding tert-OH is 1. The lowest BCUT2D eigenvalue weighted by Gasteiger charge is -2.17. The molecule has 2 atom stereocenters. The van der Waals surface area contributed by atoms with E-state index in [0.29, 0.717) is 12.8 Å². The molecule has 104 valence electrons. The van der Waals surface area contributed by atoms with Crippen LogP contribution in [0.5, 0.6) is 0 Å². The Kier molecular flexibility index (Phi) is 4.09. The Morgan fingerprint density at radius 3 is 2.68 bits per heavy atom. The summed E-state index contributed by atoms with van der Waals surface area (Å²) < 4.78 is 38.8. The number of carbonyl (C=O) groups excluding carboxylic acids is 1. The van der Waals surface area contributed by atoms with Crippen molar-refractivity contribution in [3.8, 4) is 0 Å². The van der Waals surface area contributed by atoms with Gasteiger partial charge in [0.05, 0.1) is 23.3 Å². The van der Waals surface area contributed by atoms with Crippen molar-refractivity contribution in [1.82, 2.24) is 5.32 Å². The molecule has 1 aromatic carbocycles. The summed E-state index contributed by atoms with van der Waals surface area (Å²) in [6.45, 7) is 0. The van der Waals surface area contributed by atoms with Gasteiger partial charge in [0.25, 0.3) is 12.3 Å². The molecule has 19 heavy (non-hydrogen) atoms. The van der Waals surface area contributed by atoms with Gasteiger partial charge in [-0.25, -0.2) is 13.2 Å². The summed E-state index contributed by atoms with van der Waals surface area (Å²) in [4.78, 5) is 11.8. The summed E-state index contributed by atoms with van der Waals surface area (Å²) in [5, 5.41) is 12.0. The van der Waals surface area contributed by atoms with Crippen LogP contribution in [-0.4, -0.2) is 23.2 Å². The Bertz CT molecular complexity index is 479. The van der Waals surface area contributed by atoms with E-state index in [4.69, 9.17) is 0 Å². The maximum Gasteiger partial charge on any atom is 0.266 e. The Balaban J connectivity index is 2.17. The molecule has 1 aliphatic carbocycles. The summed E-state index contributed by atoms with van der Waals surface area (Å²) >= 11 is 0. The maximum atomic E-state index is 13.7. The van der Waals surface area contributed by atoms with Gasteiger partial charge in [0.15, 0.2) is 0 Å². The fraction of sp³-hybridized carbons (Fsp3) is 0.462. The molecule has 0 saturated heterocycles. The molecule has 1 fully saturated rings. The standard InChI is InChI=1S/C13H14F3NO2/c14-11-7(12(15)16)3-1-4-8(11)13(19)17-9-5-2-6-10(9)18/h1,3-4,9-10,12,18H,2,5-6H2,(H,17,19)/t9-,10-/m1/s1. The predicted molar refractivity (Wildman–Crippen MR) is 62.5 cm³/mol. The lowest BCUT2D eigenvalue weighted by Crippen LogP contribution is -2.40. The average molecular weight is 273 g/mol. The van der Waals surface area contributed by atoms with Gasteiger partial charge in [0, 0.05) is 0 Å². The van der Waals surface area contributed by atoms with Crippen molar-refractivity contribution in [2.75, 3.05) is 0 Å². The molecule has 0 unspecified atom stereocenters. The normalized spacial score (nSPS) is 22.8. The van der Waals surface area contributed by atoms with Gasteiger partial charge in [-0.3, -0.25) is 4.79 Å². The monoisotopic (exact) mass is 273 g/mol. The highest BCUT2D eigenvalue weighted by Crippen LogP contribution is 2.25. The first kappa shape index (κ1) is 13.9. The second-order valence-corrected chi connectivity index (χ2v) is 4.59. The third-order valence-electron chi connectivity index (χ3n) is 3.30. The van der Waals surface area contributed by atoms with Crippen molar-refractivity contribution in [2.45, 2.75) is 37.8 Å². The number of carbonyl (C=O) groups is 1. The maximum absolute atomic E-state index is 13.7. The zero-order valence-corrected chi connectivity index (χ0v) is 10.1. The van der Waals surface area contributed by atoms with Crippen molar-refractivity contribution < 1.29 is 23.1 Å². The van der Waals surface area contributed by atoms with Gasteiger partial charge in [-0.05, 0) is 25.3 Å². The molecule has 2 N–H and O–H groups in total. The Morgan fingerprint density at radius 1 is 1.37 bits per heavy atom. The minimum Gasteiger partial charge on any atom is -0.391 e. The topological polar surface area (TPSA) is 49.3 Å². The van der Waals surface area contributed by atoms with E-state index in [9.17, 15) is 23.1 Å². The average Bonchev–Trinajstić information content (AvgIpc) is 2.74. The van der Waals surface area contributed by atoms with Crippen LogP contribution in [0.25, 0.3) is 0 Å². The SMILES string of the molecule is O=C(N[C@@H]1CCC[C@H]1O)c1cccc(C(F)F)c1F. The Morgan fingerprint density at radius 2 is 2.11 bits per heavy atom. The highest BCUT2D eigenvalue weighted by Gasteiger charge is 2.28. The van der Waals surface area contributed by atoms with Crippen LogP contribution in [0.3, 0.4) is 0 Å². The molecular weight excluding hydrogens is 259 g/mol. The summed E-state index contributed by atoms with van der Waals surface area (Å²) in [5.74, 6) is -1.98. The zero-order chi connectivity index (χ0) is 14.0. The highest BCUT2D eigenvalue weighted by molar-refractivity contribution is 5.95. The van der Waals surface area contributed by atoms with E-state index < -0.39 is 41.4 Å². The number of hydrogen-bond acceptors (Lipinski definition) is 2. The minimum absolute atomic E-state index is 0.420. The lowest BCUT2D eigenvalue weighted by molar-refractivity contribution is 0.0867. The largest absolute Gasteiger partial charge is 0.391 e. The highest BCUT2D eigenvalue weighted by atomic mass is 19.3. The number of nitrogens with one attached hydrogen (secondary N) is 1. The van der Waals surface area contributed by atoms with Crippen LogP contribution in [0.4, 0.5) is 13.2 Å². The van der Waals surface area contributed by atoms with Gasteiger partial charge in [0.1, 0.15) is 5.82 Å². The van der Waals surface area contributed by atoms with E-state index in [1.165, 1.54) is 6.07 Å². The Labute approximate surface area is 108 Å². The van der Waals surface area contributed by atoms with E-state index in [1.807, 2.05) is 0 Å². The van der Waals surface area contributed by atoms with Crippen molar-refractivity contribution in [1.29, 1.82) is 0 Å². The van der Waals surface area contributed by atoms with Crippen LogP contribution >= 0.6 is 0 Å². The first-order valence-corrected chi connectivity index (χ1v) is 6.06. The molecule has 0 heterocycles. The van der Waals surface area contributed by atoms with E-state index in [0.717, 1.165) is 18.6 Å². The molecule has 1 saturated carbocycles. The number of benzene rings is 1. The van der Waals surface area contributed by atoms with Gasteiger partial charge in [-0.15, -0.1) is 0 Å². The quantitative estimate of drug-likeness (QED) is 0.888. The van der Waals surface area contributed by atoms with Crippen LogP contribution in [0, 0.1) is 5.82 Å². The summed E-state index contributed by atoms with van der Waals surface area (Å²) in [7, 11) is 0. The fourth-order valence-corrected chi connectivity index (χ4v) is 2.25. The van der Waals surface area contributed by atoms with E-state index >= 15 is 0 Å². The third kappa shape index (κ3) is 2.89. The van der Waals surface area contributed by atoms with Gasteiger partial charge in [-0.1, -0.05) is 12.1 Å². The fourth-order valence-electron chi connectivity index (χ4n) is 2.25. The smallest absolute Gasteiger partial charge is 0.266 e. The third-order valence-corrected chi connectivity index (χ3v) is 3.30. The van der Waals surface area contributed by atoms with Gasteiger partial charge in [-0.2, -0.15) is 0 Å². The van der Waals surface area contributed by atoms with E-state index in [-0.39, 0.29) is 0 Å². The Hall–Kier alpha value is -1.56. The summed E-state index contributed by atoms with van der Waals surface area (Å²) in [5.41, 5.74) is -1.21. The summed E-state index contributed by atoms with van der Waals surface area (Å²) in [6, 6.07) is 2.87. The number of rotatable bonds is 3. The minimum atomic E-state index is -2.97. The van der Waals surface area contributed by atoms with E-state index in [2.05, 4.69) is 5.32 Å². The second-order valence-electron chi connectivity index (χ2n) is 4.59. The van der Waals surface area contributed by atoms with Gasteiger partial charge >= 0.3 is 0 Å². The molecule has 0 spiro atoms. The molecule has 0 bridgehead atoms. The number of hydrogen-bond donors (Lipinski definition) is 2. The number of aliphatic hydroxyl groups is 1. The molecule has 1 aliphatic rings. The molecule has 0 aromatic heterocycles. The molecular formula is C13H14F3NO2. The number of alkyl halides is 2. The van der Waals surface area contributed by atoms with Gasteiger partial charge in [0.2, 0.25) is 0 Å². The van der Waals surface area contributed by atoms with E-state index in [1.54, 1.807) is 0 Å². The number of halogens is 3. The second kappa shape index (κ2) is 5.61. The van der Waals surface area contributed by atoms with Crippen molar-refractivity contribution in [3.63, 3.8) is 0 Å². The van der Waals surface area contributed by atoms with Crippen LogP contribution in [-0.2, 0) is 0 Å². The van der Waals surface area contributed by atoms with Gasteiger partial charge < -0.3 is 10.4 Å². The van der Waals surface area contributed by atoms with Crippen LogP contribution in [0.15, 0.2) is 18.2 Å². The van der Waals surface area contributed by atoms with Crippen molar-refractivity contribution in [2.24, 2.45) is 0 Å². The molecule has 1 aromatic rings. The molecule has 2 rings (SSSR count). The zero-order valence-electron chi connectivity index (χ0n) is 10.1. The summed E-state index contributed by atoms with van der Waals surface area (Å²) in [6.07, 6.45) is -1.69. The first-order chi connectivity index (χ1) is 9.00. The van der Waals surface area contributed by atoms with Crippen molar-refractivity contribution >= 4 is 5.91 Å². The van der Waals surface area contributed by atoms with Crippen LogP contribution < -0.4 is 5.32 Å². The van der Waals surface area contributed by atoms with Crippen LogP contribution in [0.2, 0.25) is 0 Å².